The van der Waals surface area contributed by atoms with Crippen molar-refractivity contribution in [2.45, 2.75) is 5.16 Å². The first-order valence-electron chi connectivity index (χ1n) is 6.92. The Hall–Kier alpha value is -2.42. The third kappa shape index (κ3) is 3.19. The summed E-state index contributed by atoms with van der Waals surface area (Å²) in [5.41, 5.74) is 0.735. The smallest absolute Gasteiger partial charge is 0.324 e. The van der Waals surface area contributed by atoms with E-state index in [0.717, 1.165) is 5.56 Å². The normalized spacial score (nSPS) is 14.2. The Morgan fingerprint density at radius 3 is 2.74 bits per heavy atom. The van der Waals surface area contributed by atoms with Gasteiger partial charge in [0.05, 0.1) is 5.75 Å². The molecule has 1 N–H and O–H groups in total. The number of carbonyl (C=O) groups excluding carboxylic acids is 2. The number of imide groups is 1. The molecule has 1 saturated heterocycles. The van der Waals surface area contributed by atoms with Crippen molar-refractivity contribution in [3.8, 4) is 11.4 Å². The highest BCUT2D eigenvalue weighted by Gasteiger charge is 2.26. The zero-order valence-electron chi connectivity index (χ0n) is 12.3. The fourth-order valence-corrected chi connectivity index (χ4v) is 2.99. The summed E-state index contributed by atoms with van der Waals surface area (Å²) in [6.45, 7) is 0.867. The molecule has 1 aromatic heterocycles. The highest BCUT2D eigenvalue weighted by molar-refractivity contribution is 7.99. The Bertz CT molecular complexity index is 746. The molecule has 23 heavy (non-hydrogen) atoms. The lowest BCUT2D eigenvalue weighted by molar-refractivity contribution is -0.124. The zero-order valence-corrected chi connectivity index (χ0v) is 13.1. The molecule has 0 unspecified atom stereocenters. The first kappa shape index (κ1) is 15.5. The second kappa shape index (κ2) is 6.37. The van der Waals surface area contributed by atoms with E-state index in [9.17, 15) is 14.0 Å². The number of benzene rings is 1. The van der Waals surface area contributed by atoms with Crippen LogP contribution in [0, 0.1) is 5.82 Å². The van der Waals surface area contributed by atoms with Gasteiger partial charge in [-0.1, -0.05) is 11.8 Å². The maximum absolute atomic E-state index is 13.0. The van der Waals surface area contributed by atoms with Crippen LogP contribution in [0.2, 0.25) is 0 Å². The van der Waals surface area contributed by atoms with E-state index in [1.165, 1.54) is 28.8 Å². The van der Waals surface area contributed by atoms with E-state index >= 15 is 0 Å². The molecule has 0 bridgehead atoms. The van der Waals surface area contributed by atoms with Gasteiger partial charge in [-0.25, -0.2) is 9.18 Å². The van der Waals surface area contributed by atoms with E-state index < -0.39 is 0 Å². The summed E-state index contributed by atoms with van der Waals surface area (Å²) in [5, 5.41) is 11.3. The van der Waals surface area contributed by atoms with E-state index in [1.807, 2.05) is 0 Å². The molecule has 120 valence electrons. The SMILES string of the molecule is Cn1c(SCC(=O)N2CCNC2=O)nnc1-c1ccc(F)cc1. The van der Waals surface area contributed by atoms with Crippen molar-refractivity contribution in [1.29, 1.82) is 0 Å². The minimum Gasteiger partial charge on any atom is -0.336 e. The van der Waals surface area contributed by atoms with Crippen LogP contribution < -0.4 is 5.32 Å². The second-order valence-corrected chi connectivity index (χ2v) is 5.88. The van der Waals surface area contributed by atoms with Crippen LogP contribution in [0.15, 0.2) is 29.4 Å². The Morgan fingerprint density at radius 2 is 2.09 bits per heavy atom. The van der Waals surface area contributed by atoms with E-state index in [4.69, 9.17) is 0 Å². The molecule has 2 heterocycles. The average Bonchev–Trinajstić information content (AvgIpc) is 3.12. The number of carbonyl (C=O) groups is 2. The lowest BCUT2D eigenvalue weighted by atomic mass is 10.2. The number of amides is 3. The lowest BCUT2D eigenvalue weighted by Gasteiger charge is -2.11. The van der Waals surface area contributed by atoms with Crippen LogP contribution in [-0.2, 0) is 11.8 Å². The summed E-state index contributed by atoms with van der Waals surface area (Å²) in [7, 11) is 1.77. The molecule has 0 aliphatic carbocycles. The Morgan fingerprint density at radius 1 is 1.35 bits per heavy atom. The van der Waals surface area contributed by atoms with E-state index in [2.05, 4.69) is 15.5 Å². The summed E-state index contributed by atoms with van der Waals surface area (Å²) < 4.78 is 14.7. The fraction of sp³-hybridized carbons (Fsp3) is 0.286. The molecular weight excluding hydrogens is 321 g/mol. The van der Waals surface area contributed by atoms with Crippen molar-refractivity contribution in [3.05, 3.63) is 30.1 Å². The first-order chi connectivity index (χ1) is 11.1. The summed E-state index contributed by atoms with van der Waals surface area (Å²) in [6.07, 6.45) is 0. The molecule has 9 heteroatoms. The van der Waals surface area contributed by atoms with Crippen LogP contribution in [0.5, 0.6) is 0 Å². The number of hydrogen-bond acceptors (Lipinski definition) is 5. The molecule has 0 spiro atoms. The Balaban J connectivity index is 1.69. The Labute approximate surface area is 135 Å². The molecule has 0 saturated carbocycles. The van der Waals surface area contributed by atoms with Crippen LogP contribution >= 0.6 is 11.8 Å². The number of nitrogens with zero attached hydrogens (tertiary/aromatic N) is 4. The number of halogens is 1. The van der Waals surface area contributed by atoms with Gasteiger partial charge in [0.2, 0.25) is 5.91 Å². The number of rotatable bonds is 4. The number of thioether (sulfide) groups is 1. The topological polar surface area (TPSA) is 80.1 Å². The van der Waals surface area contributed by atoms with Crippen LogP contribution in [0.25, 0.3) is 11.4 Å². The number of hydrogen-bond donors (Lipinski definition) is 1. The lowest BCUT2D eigenvalue weighted by Crippen LogP contribution is -2.35. The quantitative estimate of drug-likeness (QED) is 0.851. The zero-order chi connectivity index (χ0) is 16.4. The van der Waals surface area contributed by atoms with Crippen molar-refractivity contribution in [2.24, 2.45) is 7.05 Å². The van der Waals surface area contributed by atoms with Gasteiger partial charge in [0.25, 0.3) is 0 Å². The van der Waals surface area contributed by atoms with Crippen molar-refractivity contribution in [3.63, 3.8) is 0 Å². The maximum atomic E-state index is 13.0. The predicted octanol–water partition coefficient (Wildman–Crippen LogP) is 1.27. The van der Waals surface area contributed by atoms with Gasteiger partial charge in [-0.15, -0.1) is 10.2 Å². The van der Waals surface area contributed by atoms with Gasteiger partial charge >= 0.3 is 6.03 Å². The van der Waals surface area contributed by atoms with Crippen LogP contribution in [0.3, 0.4) is 0 Å². The highest BCUT2D eigenvalue weighted by Crippen LogP contribution is 2.23. The third-order valence-corrected chi connectivity index (χ3v) is 4.42. The minimum absolute atomic E-state index is 0.100. The molecule has 1 aliphatic rings. The summed E-state index contributed by atoms with van der Waals surface area (Å²) >= 11 is 1.21. The molecule has 0 radical (unpaired) electrons. The van der Waals surface area contributed by atoms with E-state index in [0.29, 0.717) is 24.1 Å². The maximum Gasteiger partial charge on any atom is 0.324 e. The van der Waals surface area contributed by atoms with Crippen LogP contribution in [-0.4, -0.2) is 50.4 Å². The molecular formula is C14H14FN5O2S. The molecule has 0 atom stereocenters. The van der Waals surface area contributed by atoms with Gasteiger partial charge in [0.1, 0.15) is 5.82 Å². The molecule has 1 aliphatic heterocycles. The van der Waals surface area contributed by atoms with Gasteiger partial charge in [-0.3, -0.25) is 9.69 Å². The van der Waals surface area contributed by atoms with E-state index in [1.54, 1.807) is 23.7 Å². The van der Waals surface area contributed by atoms with Gasteiger partial charge in [0, 0.05) is 25.7 Å². The van der Waals surface area contributed by atoms with Crippen molar-refractivity contribution >= 4 is 23.7 Å². The minimum atomic E-state index is -0.361. The molecule has 3 amide bonds. The molecule has 1 fully saturated rings. The van der Waals surface area contributed by atoms with Crippen molar-refractivity contribution in [1.82, 2.24) is 25.0 Å². The number of aromatic nitrogens is 3. The molecule has 1 aromatic carbocycles. The predicted molar refractivity (Wildman–Crippen MR) is 82.2 cm³/mol. The summed E-state index contributed by atoms with van der Waals surface area (Å²) in [6, 6.07) is 5.58. The molecule has 2 aromatic rings. The molecule has 3 rings (SSSR count). The van der Waals surface area contributed by atoms with Crippen molar-refractivity contribution < 1.29 is 14.0 Å². The number of nitrogens with one attached hydrogen (secondary N) is 1. The fourth-order valence-electron chi connectivity index (χ4n) is 2.20. The highest BCUT2D eigenvalue weighted by atomic mass is 32.2. The summed E-state index contributed by atoms with van der Waals surface area (Å²) in [5.74, 6) is 0.0956. The molecule has 7 nitrogen and oxygen atoms in total. The van der Waals surface area contributed by atoms with Crippen LogP contribution in [0.1, 0.15) is 0 Å². The second-order valence-electron chi connectivity index (χ2n) is 4.94. The van der Waals surface area contributed by atoms with Gasteiger partial charge in [-0.2, -0.15) is 0 Å². The van der Waals surface area contributed by atoms with Crippen LogP contribution in [0.4, 0.5) is 9.18 Å². The average molecular weight is 335 g/mol. The third-order valence-electron chi connectivity index (χ3n) is 3.42. The first-order valence-corrected chi connectivity index (χ1v) is 7.91. The van der Waals surface area contributed by atoms with Gasteiger partial charge in [0.15, 0.2) is 11.0 Å². The van der Waals surface area contributed by atoms with Gasteiger partial charge < -0.3 is 9.88 Å². The monoisotopic (exact) mass is 335 g/mol. The Kier molecular flexibility index (Phi) is 4.28. The largest absolute Gasteiger partial charge is 0.336 e. The van der Waals surface area contributed by atoms with E-state index in [-0.39, 0.29) is 23.5 Å². The standard InChI is InChI=1S/C14H14FN5O2S/c1-19-12(9-2-4-10(15)5-3-9)17-18-14(19)23-8-11(21)20-7-6-16-13(20)22/h2-5H,6-8H2,1H3,(H,16,22). The van der Waals surface area contributed by atoms with Crippen molar-refractivity contribution in [2.75, 3.05) is 18.8 Å². The van der Waals surface area contributed by atoms with Gasteiger partial charge in [-0.05, 0) is 24.3 Å². The number of urea groups is 1. The summed E-state index contributed by atoms with van der Waals surface area (Å²) in [4.78, 5) is 24.6.